The van der Waals surface area contributed by atoms with Gasteiger partial charge in [0.2, 0.25) is 0 Å². The van der Waals surface area contributed by atoms with Crippen LogP contribution in [0.3, 0.4) is 0 Å². The van der Waals surface area contributed by atoms with Gasteiger partial charge in [0.25, 0.3) is 0 Å². The van der Waals surface area contributed by atoms with E-state index in [1.165, 1.54) is 5.56 Å². The quantitative estimate of drug-likeness (QED) is 0.806. The van der Waals surface area contributed by atoms with Gasteiger partial charge in [-0.25, -0.2) is 0 Å². The van der Waals surface area contributed by atoms with Crippen molar-refractivity contribution in [1.82, 2.24) is 5.32 Å². The summed E-state index contributed by atoms with van der Waals surface area (Å²) in [6.07, 6.45) is 1.12. The molecule has 3 nitrogen and oxygen atoms in total. The van der Waals surface area contributed by atoms with Gasteiger partial charge in [0.1, 0.15) is 17.3 Å². The second-order valence-corrected chi connectivity index (χ2v) is 5.03. The lowest BCUT2D eigenvalue weighted by atomic mass is 10.0. The Morgan fingerprint density at radius 2 is 1.95 bits per heavy atom. The molecular weight excluding hydrogens is 250 g/mol. The number of nitrogens with one attached hydrogen (secondary N) is 1. The second kappa shape index (κ2) is 6.62. The van der Waals surface area contributed by atoms with Crippen LogP contribution in [0.4, 0.5) is 0 Å². The zero-order valence-electron chi connectivity index (χ0n) is 12.7. The van der Waals surface area contributed by atoms with Crippen LogP contribution in [0.15, 0.2) is 28.7 Å². The summed E-state index contributed by atoms with van der Waals surface area (Å²) < 4.78 is 11.5. The van der Waals surface area contributed by atoms with Gasteiger partial charge in [-0.05, 0) is 56.1 Å². The Hall–Kier alpha value is -1.74. The highest BCUT2D eigenvalue weighted by Crippen LogP contribution is 2.35. The lowest BCUT2D eigenvalue weighted by Gasteiger charge is -2.11. The Balaban J connectivity index is 2.26. The van der Waals surface area contributed by atoms with E-state index in [1.54, 1.807) is 7.11 Å². The number of hydrogen-bond donors (Lipinski definition) is 1. The van der Waals surface area contributed by atoms with E-state index in [4.69, 9.17) is 9.15 Å². The molecule has 0 radical (unpaired) electrons. The highest BCUT2D eigenvalue weighted by molar-refractivity contribution is 5.69. The Morgan fingerprint density at radius 3 is 2.65 bits per heavy atom. The van der Waals surface area contributed by atoms with Crippen molar-refractivity contribution in [1.29, 1.82) is 0 Å². The van der Waals surface area contributed by atoms with E-state index in [0.717, 1.165) is 47.9 Å². The molecule has 2 aromatic rings. The molecule has 20 heavy (non-hydrogen) atoms. The zero-order chi connectivity index (χ0) is 14.5. The largest absolute Gasteiger partial charge is 0.496 e. The van der Waals surface area contributed by atoms with Crippen LogP contribution in [0.25, 0.3) is 11.3 Å². The maximum Gasteiger partial charge on any atom is 0.138 e. The Kier molecular flexibility index (Phi) is 4.85. The van der Waals surface area contributed by atoms with E-state index >= 15 is 0 Å². The maximum atomic E-state index is 5.91. The fourth-order valence-electron chi connectivity index (χ4n) is 2.25. The van der Waals surface area contributed by atoms with E-state index in [1.807, 2.05) is 12.1 Å². The van der Waals surface area contributed by atoms with Crippen LogP contribution in [0.1, 0.15) is 30.2 Å². The average Bonchev–Trinajstić information content (AvgIpc) is 2.90. The summed E-state index contributed by atoms with van der Waals surface area (Å²) in [5.74, 6) is 2.71. The summed E-state index contributed by atoms with van der Waals surface area (Å²) in [4.78, 5) is 0. The lowest BCUT2D eigenvalue weighted by molar-refractivity contribution is 0.410. The molecule has 0 atom stereocenters. The number of rotatable bonds is 6. The van der Waals surface area contributed by atoms with Gasteiger partial charge in [0.15, 0.2) is 0 Å². The van der Waals surface area contributed by atoms with Crippen LogP contribution in [-0.2, 0) is 6.54 Å². The van der Waals surface area contributed by atoms with Crippen LogP contribution in [0, 0.1) is 13.8 Å². The first kappa shape index (κ1) is 14.7. The molecule has 1 heterocycles. The summed E-state index contributed by atoms with van der Waals surface area (Å²) in [6.45, 7) is 8.08. The molecule has 0 saturated heterocycles. The first-order valence-electron chi connectivity index (χ1n) is 7.11. The minimum Gasteiger partial charge on any atom is -0.496 e. The fraction of sp³-hybridized carbons (Fsp3) is 0.412. The molecule has 1 aromatic heterocycles. The number of methoxy groups -OCH3 is 1. The third kappa shape index (κ3) is 3.05. The van der Waals surface area contributed by atoms with Gasteiger partial charge in [-0.1, -0.05) is 13.0 Å². The Labute approximate surface area is 121 Å². The molecule has 1 N–H and O–H groups in total. The van der Waals surface area contributed by atoms with Crippen LogP contribution >= 0.6 is 0 Å². The van der Waals surface area contributed by atoms with Gasteiger partial charge >= 0.3 is 0 Å². The van der Waals surface area contributed by atoms with E-state index in [0.29, 0.717) is 0 Å². The molecule has 108 valence electrons. The number of hydrogen-bond acceptors (Lipinski definition) is 3. The second-order valence-electron chi connectivity index (χ2n) is 5.03. The molecule has 3 heteroatoms. The molecule has 0 saturated carbocycles. The monoisotopic (exact) mass is 273 g/mol. The first-order valence-corrected chi connectivity index (χ1v) is 7.11. The van der Waals surface area contributed by atoms with Crippen molar-refractivity contribution in [3.63, 3.8) is 0 Å². The number of furan rings is 1. The smallest absolute Gasteiger partial charge is 0.138 e. The topological polar surface area (TPSA) is 34.4 Å². The van der Waals surface area contributed by atoms with Crippen molar-refractivity contribution >= 4 is 0 Å². The molecule has 0 aliphatic rings. The van der Waals surface area contributed by atoms with Gasteiger partial charge in [0, 0.05) is 0 Å². The molecule has 0 bridgehead atoms. The molecule has 0 amide bonds. The van der Waals surface area contributed by atoms with Gasteiger partial charge in [-0.2, -0.15) is 0 Å². The molecule has 1 aromatic carbocycles. The summed E-state index contributed by atoms with van der Waals surface area (Å²) in [6, 6.07) is 8.19. The zero-order valence-corrected chi connectivity index (χ0v) is 12.7. The Bertz CT molecular complexity index is 572. The van der Waals surface area contributed by atoms with Crippen LogP contribution < -0.4 is 10.1 Å². The van der Waals surface area contributed by atoms with Crippen molar-refractivity contribution < 1.29 is 9.15 Å². The summed E-state index contributed by atoms with van der Waals surface area (Å²) in [5.41, 5.74) is 3.39. The number of aryl methyl sites for hydroxylation is 1. The molecular formula is C17H23NO2. The van der Waals surface area contributed by atoms with E-state index in [9.17, 15) is 0 Å². The van der Waals surface area contributed by atoms with Crippen LogP contribution in [0.5, 0.6) is 5.75 Å². The molecule has 0 unspecified atom stereocenters. The third-order valence-corrected chi connectivity index (χ3v) is 3.53. The summed E-state index contributed by atoms with van der Waals surface area (Å²) >= 11 is 0. The first-order chi connectivity index (χ1) is 9.67. The van der Waals surface area contributed by atoms with Crippen molar-refractivity contribution in [2.24, 2.45) is 0 Å². The van der Waals surface area contributed by atoms with Crippen molar-refractivity contribution in [2.75, 3.05) is 13.7 Å². The molecule has 2 rings (SSSR count). The molecule has 0 aliphatic carbocycles. The van der Waals surface area contributed by atoms with Crippen LogP contribution in [-0.4, -0.2) is 13.7 Å². The SMILES string of the molecule is CCCNCc1ccc(-c2ccc(C)c(C)c2OC)o1. The summed E-state index contributed by atoms with van der Waals surface area (Å²) in [5, 5.41) is 3.34. The number of ether oxygens (including phenoxy) is 1. The lowest BCUT2D eigenvalue weighted by Crippen LogP contribution is -2.12. The minimum atomic E-state index is 0.765. The predicted molar refractivity (Wildman–Crippen MR) is 82.2 cm³/mol. The maximum absolute atomic E-state index is 5.91. The number of benzene rings is 1. The fourth-order valence-corrected chi connectivity index (χ4v) is 2.25. The van der Waals surface area contributed by atoms with E-state index in [2.05, 4.69) is 38.2 Å². The van der Waals surface area contributed by atoms with E-state index in [-0.39, 0.29) is 0 Å². The van der Waals surface area contributed by atoms with Crippen LogP contribution in [0.2, 0.25) is 0 Å². The standard InChI is InChI=1S/C17H23NO2/c1-5-10-18-11-14-7-9-16(20-14)15-8-6-12(2)13(3)17(15)19-4/h6-9,18H,5,10-11H2,1-4H3. The molecule has 0 spiro atoms. The average molecular weight is 273 g/mol. The minimum absolute atomic E-state index is 0.765. The predicted octanol–water partition coefficient (Wildman–Crippen LogP) is 4.07. The van der Waals surface area contributed by atoms with Gasteiger partial charge in [-0.3, -0.25) is 0 Å². The van der Waals surface area contributed by atoms with Crippen molar-refractivity contribution in [2.45, 2.75) is 33.7 Å². The Morgan fingerprint density at radius 1 is 1.15 bits per heavy atom. The third-order valence-electron chi connectivity index (χ3n) is 3.53. The van der Waals surface area contributed by atoms with Crippen molar-refractivity contribution in [3.05, 3.63) is 41.2 Å². The van der Waals surface area contributed by atoms with Gasteiger partial charge in [0.05, 0.1) is 19.2 Å². The molecule has 0 fully saturated rings. The summed E-state index contributed by atoms with van der Waals surface area (Å²) in [7, 11) is 1.71. The van der Waals surface area contributed by atoms with Gasteiger partial charge < -0.3 is 14.5 Å². The van der Waals surface area contributed by atoms with E-state index < -0.39 is 0 Å². The normalized spacial score (nSPS) is 10.8. The highest BCUT2D eigenvalue weighted by Gasteiger charge is 2.13. The van der Waals surface area contributed by atoms with Crippen molar-refractivity contribution in [3.8, 4) is 17.1 Å². The highest BCUT2D eigenvalue weighted by atomic mass is 16.5. The van der Waals surface area contributed by atoms with Gasteiger partial charge in [-0.15, -0.1) is 0 Å². The molecule has 0 aliphatic heterocycles.